The number of nitrogens with zero attached hydrogens (tertiary/aromatic N) is 3. The van der Waals surface area contributed by atoms with E-state index in [2.05, 4.69) is 4.90 Å². The highest BCUT2D eigenvalue weighted by molar-refractivity contribution is 6.30. The largest absolute Gasteiger partial charge is 0.372 e. The highest BCUT2D eigenvalue weighted by Crippen LogP contribution is 2.17. The first-order valence-corrected chi connectivity index (χ1v) is 9.96. The van der Waals surface area contributed by atoms with E-state index in [1.54, 1.807) is 24.3 Å². The number of amides is 2. The van der Waals surface area contributed by atoms with E-state index in [0.29, 0.717) is 49.9 Å². The first-order valence-electron chi connectivity index (χ1n) is 9.58. The number of halogens is 1. The summed E-state index contributed by atoms with van der Waals surface area (Å²) in [6.45, 7) is 9.84. The number of hydrogen-bond acceptors (Lipinski definition) is 4. The lowest BCUT2D eigenvalue weighted by Gasteiger charge is -2.41. The highest BCUT2D eigenvalue weighted by atomic mass is 35.5. The van der Waals surface area contributed by atoms with Crippen LogP contribution in [0.15, 0.2) is 24.3 Å². The molecule has 2 saturated heterocycles. The monoisotopic (exact) mass is 393 g/mol. The molecule has 0 aromatic heterocycles. The summed E-state index contributed by atoms with van der Waals surface area (Å²) in [5.41, 5.74) is 0.608. The maximum atomic E-state index is 12.9. The maximum Gasteiger partial charge on any atom is 0.253 e. The molecule has 0 aliphatic carbocycles. The van der Waals surface area contributed by atoms with Crippen molar-refractivity contribution in [3.63, 3.8) is 0 Å². The van der Waals surface area contributed by atoms with Gasteiger partial charge in [-0.15, -0.1) is 0 Å². The van der Waals surface area contributed by atoms with Gasteiger partial charge in [0, 0.05) is 49.9 Å². The summed E-state index contributed by atoms with van der Waals surface area (Å²) in [5.74, 6) is 0.138. The Bertz CT molecular complexity index is 681. The van der Waals surface area contributed by atoms with Gasteiger partial charge in [0.1, 0.15) is 0 Å². The van der Waals surface area contributed by atoms with Gasteiger partial charge >= 0.3 is 0 Å². The van der Waals surface area contributed by atoms with Crippen LogP contribution in [0.2, 0.25) is 5.02 Å². The Kier molecular flexibility index (Phi) is 6.40. The Labute approximate surface area is 166 Å². The number of rotatable bonds is 3. The summed E-state index contributed by atoms with van der Waals surface area (Å²) in [5, 5.41) is 0.563. The van der Waals surface area contributed by atoms with E-state index in [9.17, 15) is 9.59 Å². The minimum atomic E-state index is -0.189. The molecule has 0 N–H and O–H groups in total. The molecule has 1 aromatic rings. The summed E-state index contributed by atoms with van der Waals surface area (Å²) in [6.07, 6.45) is 0.133. The Morgan fingerprint density at radius 2 is 1.70 bits per heavy atom. The maximum absolute atomic E-state index is 12.9. The van der Waals surface area contributed by atoms with Gasteiger partial charge in [0.25, 0.3) is 5.91 Å². The Morgan fingerprint density at radius 3 is 2.30 bits per heavy atom. The number of piperazine rings is 1. The molecule has 6 nitrogen and oxygen atoms in total. The average molecular weight is 394 g/mol. The van der Waals surface area contributed by atoms with Gasteiger partial charge in [0.15, 0.2) is 0 Å². The minimum Gasteiger partial charge on any atom is -0.372 e. The van der Waals surface area contributed by atoms with Crippen molar-refractivity contribution >= 4 is 23.4 Å². The zero-order chi connectivity index (χ0) is 19.6. The number of carbonyl (C=O) groups is 2. The summed E-state index contributed by atoms with van der Waals surface area (Å²) >= 11 is 5.99. The lowest BCUT2D eigenvalue weighted by atomic mass is 10.1. The molecule has 2 aliphatic rings. The molecule has 7 heteroatoms. The van der Waals surface area contributed by atoms with Crippen LogP contribution in [0.3, 0.4) is 0 Å². The molecule has 3 unspecified atom stereocenters. The Hall–Kier alpha value is -1.63. The molecule has 1 aromatic carbocycles. The lowest BCUT2D eigenvalue weighted by molar-refractivity contribution is -0.148. The molecule has 0 saturated carbocycles. The zero-order valence-electron chi connectivity index (χ0n) is 16.2. The smallest absolute Gasteiger partial charge is 0.253 e. The first kappa shape index (κ1) is 20.1. The van der Waals surface area contributed by atoms with Crippen LogP contribution >= 0.6 is 11.6 Å². The van der Waals surface area contributed by atoms with Crippen LogP contribution in [0.5, 0.6) is 0 Å². The third-order valence-electron chi connectivity index (χ3n) is 5.31. The lowest BCUT2D eigenvalue weighted by Crippen LogP contribution is -2.58. The molecule has 0 spiro atoms. The van der Waals surface area contributed by atoms with Crippen LogP contribution in [0.1, 0.15) is 31.1 Å². The molecule has 0 bridgehead atoms. The topological polar surface area (TPSA) is 53.1 Å². The van der Waals surface area contributed by atoms with Crippen molar-refractivity contribution < 1.29 is 14.3 Å². The average Bonchev–Trinajstić information content (AvgIpc) is 2.65. The van der Waals surface area contributed by atoms with Crippen molar-refractivity contribution in [1.82, 2.24) is 14.7 Å². The predicted octanol–water partition coefficient (Wildman–Crippen LogP) is 2.12. The van der Waals surface area contributed by atoms with E-state index >= 15 is 0 Å². The van der Waals surface area contributed by atoms with Crippen molar-refractivity contribution in [2.24, 2.45) is 0 Å². The van der Waals surface area contributed by atoms with Crippen LogP contribution in [0.4, 0.5) is 0 Å². The van der Waals surface area contributed by atoms with E-state index in [1.165, 1.54) is 0 Å². The molecular formula is C20H28ClN3O3. The van der Waals surface area contributed by atoms with Crippen molar-refractivity contribution in [2.45, 2.75) is 39.0 Å². The van der Waals surface area contributed by atoms with Gasteiger partial charge < -0.3 is 14.5 Å². The van der Waals surface area contributed by atoms with E-state index in [4.69, 9.17) is 16.3 Å². The molecule has 2 fully saturated rings. The quantitative estimate of drug-likeness (QED) is 0.789. The van der Waals surface area contributed by atoms with Crippen LogP contribution in [0.25, 0.3) is 0 Å². The Morgan fingerprint density at radius 1 is 1.07 bits per heavy atom. The molecule has 2 heterocycles. The summed E-state index contributed by atoms with van der Waals surface area (Å²) in [4.78, 5) is 31.4. The summed E-state index contributed by atoms with van der Waals surface area (Å²) in [6, 6.07) is 6.84. The summed E-state index contributed by atoms with van der Waals surface area (Å²) < 4.78 is 5.72. The van der Waals surface area contributed by atoms with E-state index in [1.807, 2.05) is 30.6 Å². The molecule has 0 radical (unpaired) electrons. The zero-order valence-corrected chi connectivity index (χ0v) is 17.0. The van der Waals surface area contributed by atoms with Crippen molar-refractivity contribution in [3.05, 3.63) is 34.9 Å². The minimum absolute atomic E-state index is 0.00745. The number of morpholine rings is 1. The molecule has 2 amide bonds. The second kappa shape index (κ2) is 8.59. The first-order chi connectivity index (χ1) is 12.8. The van der Waals surface area contributed by atoms with Crippen molar-refractivity contribution in [1.29, 1.82) is 0 Å². The van der Waals surface area contributed by atoms with Gasteiger partial charge in [-0.25, -0.2) is 0 Å². The van der Waals surface area contributed by atoms with Crippen LogP contribution < -0.4 is 0 Å². The number of carbonyl (C=O) groups excluding carboxylic acids is 2. The van der Waals surface area contributed by atoms with Gasteiger partial charge in [-0.3, -0.25) is 14.5 Å². The fourth-order valence-corrected chi connectivity index (χ4v) is 4.08. The normalized spacial score (nSPS) is 25.3. The van der Waals surface area contributed by atoms with E-state index < -0.39 is 0 Å². The van der Waals surface area contributed by atoms with E-state index in [0.717, 1.165) is 0 Å². The molecule has 27 heavy (non-hydrogen) atoms. The van der Waals surface area contributed by atoms with Crippen LogP contribution in [-0.2, 0) is 9.53 Å². The molecule has 3 rings (SSSR count). The molecule has 2 aliphatic heterocycles. The third kappa shape index (κ3) is 4.81. The second-order valence-electron chi connectivity index (χ2n) is 7.52. The number of benzene rings is 1. The third-order valence-corrected chi connectivity index (χ3v) is 5.54. The van der Waals surface area contributed by atoms with E-state index in [-0.39, 0.29) is 30.1 Å². The number of ether oxygens (including phenoxy) is 1. The van der Waals surface area contributed by atoms with Gasteiger partial charge in [-0.2, -0.15) is 0 Å². The SMILES string of the molecule is CC1CN(C(=O)C(C)N2CCN(C(=O)c3cccc(Cl)c3)CC2)CC(C)O1. The Balaban J connectivity index is 1.55. The van der Waals surface area contributed by atoms with Crippen LogP contribution in [-0.4, -0.2) is 84.0 Å². The van der Waals surface area contributed by atoms with Gasteiger partial charge in [0.2, 0.25) is 5.91 Å². The fraction of sp³-hybridized carbons (Fsp3) is 0.600. The van der Waals surface area contributed by atoms with Crippen molar-refractivity contribution in [2.75, 3.05) is 39.3 Å². The molecular weight excluding hydrogens is 366 g/mol. The van der Waals surface area contributed by atoms with Gasteiger partial charge in [-0.1, -0.05) is 17.7 Å². The standard InChI is InChI=1S/C20H28ClN3O3/c1-14-12-24(13-15(2)27-14)19(25)16(3)22-7-9-23(10-8-22)20(26)17-5-4-6-18(21)11-17/h4-6,11,14-16H,7-10,12-13H2,1-3H3. The van der Waals surface area contributed by atoms with Gasteiger partial charge in [-0.05, 0) is 39.0 Å². The van der Waals surface area contributed by atoms with Gasteiger partial charge in [0.05, 0.1) is 18.2 Å². The van der Waals surface area contributed by atoms with Crippen molar-refractivity contribution in [3.8, 4) is 0 Å². The predicted molar refractivity (Wildman–Crippen MR) is 105 cm³/mol. The van der Waals surface area contributed by atoms with Crippen LogP contribution in [0, 0.1) is 0 Å². The number of hydrogen-bond donors (Lipinski definition) is 0. The summed E-state index contributed by atoms with van der Waals surface area (Å²) in [7, 11) is 0. The molecule has 148 valence electrons. The molecule has 3 atom stereocenters. The fourth-order valence-electron chi connectivity index (χ4n) is 3.89. The second-order valence-corrected chi connectivity index (χ2v) is 7.95. The highest BCUT2D eigenvalue weighted by Gasteiger charge is 2.33.